The van der Waals surface area contributed by atoms with Gasteiger partial charge in [-0.15, -0.1) is 11.3 Å². The van der Waals surface area contributed by atoms with E-state index in [0.29, 0.717) is 42.4 Å². The van der Waals surface area contributed by atoms with Gasteiger partial charge in [-0.2, -0.15) is 4.72 Å². The molecule has 0 fully saturated rings. The number of ether oxygens (including phenoxy) is 1. The topological polar surface area (TPSA) is 136 Å². The SMILES string of the molecule is CCN[C@H]1C[C@H](C)S(=O)(=O)c2sc(S(=O)(=O)NC(C)(CC)C(=O)[C@H](C)OC(C)(CC)C(=O)PCC)cc21. The molecule has 2 heterocycles. The average molecular weight is 597 g/mol. The number of sulfonamides is 1. The molecule has 3 unspecified atom stereocenters. The summed E-state index contributed by atoms with van der Waals surface area (Å²) in [5.41, 5.74) is -2.30. The van der Waals surface area contributed by atoms with Crippen molar-refractivity contribution in [1.82, 2.24) is 10.0 Å². The van der Waals surface area contributed by atoms with Crippen molar-refractivity contribution < 1.29 is 31.2 Å². The van der Waals surface area contributed by atoms with Crippen molar-refractivity contribution in [3.8, 4) is 0 Å². The van der Waals surface area contributed by atoms with E-state index >= 15 is 0 Å². The molecule has 13 heteroatoms. The van der Waals surface area contributed by atoms with Crippen molar-refractivity contribution in [2.24, 2.45) is 0 Å². The zero-order valence-corrected chi connectivity index (χ0v) is 26.4. The Balaban J connectivity index is 2.39. The lowest BCUT2D eigenvalue weighted by Crippen LogP contribution is -2.56. The van der Waals surface area contributed by atoms with E-state index in [1.165, 1.54) is 19.9 Å². The van der Waals surface area contributed by atoms with E-state index in [4.69, 9.17) is 4.74 Å². The van der Waals surface area contributed by atoms with Gasteiger partial charge in [-0.05, 0) is 74.3 Å². The third kappa shape index (κ3) is 6.70. The lowest BCUT2D eigenvalue weighted by Gasteiger charge is -2.35. The predicted octanol–water partition coefficient (Wildman–Crippen LogP) is 3.78. The molecule has 0 aromatic carbocycles. The summed E-state index contributed by atoms with van der Waals surface area (Å²) in [7, 11) is -7.85. The Labute approximate surface area is 227 Å². The van der Waals surface area contributed by atoms with Crippen LogP contribution in [0.5, 0.6) is 0 Å². The van der Waals surface area contributed by atoms with E-state index in [1.807, 2.05) is 20.8 Å². The van der Waals surface area contributed by atoms with Gasteiger partial charge in [0.2, 0.25) is 0 Å². The summed E-state index contributed by atoms with van der Waals surface area (Å²) in [6.45, 7) is 14.2. The zero-order chi connectivity index (χ0) is 28.4. The number of nitrogens with one attached hydrogen (secondary N) is 2. The molecule has 9 nitrogen and oxygen atoms in total. The van der Waals surface area contributed by atoms with E-state index in [2.05, 4.69) is 10.0 Å². The van der Waals surface area contributed by atoms with E-state index in [1.54, 1.807) is 20.8 Å². The predicted molar refractivity (Wildman–Crippen MR) is 149 cm³/mol. The smallest absolute Gasteiger partial charge is 0.251 e. The van der Waals surface area contributed by atoms with Gasteiger partial charge in [0.1, 0.15) is 20.1 Å². The summed E-state index contributed by atoms with van der Waals surface area (Å²) >= 11 is 0.712. The molecule has 0 aliphatic carbocycles. The van der Waals surface area contributed by atoms with E-state index in [-0.39, 0.29) is 35.0 Å². The molecule has 0 bridgehead atoms. The van der Waals surface area contributed by atoms with Gasteiger partial charge in [0.05, 0.1) is 10.8 Å². The number of Topliss-reactive ketones (excluding diaryl/α,β-unsaturated/α-hetero) is 1. The number of fused-ring (bicyclic) bond motifs is 1. The van der Waals surface area contributed by atoms with Crippen LogP contribution in [-0.4, -0.2) is 63.3 Å². The molecule has 1 aliphatic rings. The van der Waals surface area contributed by atoms with Crippen LogP contribution in [0, 0.1) is 0 Å². The summed E-state index contributed by atoms with van der Waals surface area (Å²) in [5.74, 6) is -0.501. The monoisotopic (exact) mass is 596 g/mol. The molecule has 0 amide bonds. The van der Waals surface area contributed by atoms with Crippen LogP contribution in [0.1, 0.15) is 86.3 Å². The summed E-state index contributed by atoms with van der Waals surface area (Å²) < 4.78 is 61.3. The highest BCUT2D eigenvalue weighted by Gasteiger charge is 2.44. The van der Waals surface area contributed by atoms with Crippen LogP contribution in [0.2, 0.25) is 0 Å². The molecule has 2 rings (SSSR count). The Hall–Kier alpha value is -0.750. The summed E-state index contributed by atoms with van der Waals surface area (Å²) in [4.78, 5) is 26.1. The van der Waals surface area contributed by atoms with Gasteiger partial charge in [0.15, 0.2) is 21.1 Å². The Morgan fingerprint density at radius 1 is 1.22 bits per heavy atom. The number of sulfone groups is 1. The first kappa shape index (κ1) is 32.5. The molecule has 0 saturated heterocycles. The van der Waals surface area contributed by atoms with Gasteiger partial charge in [-0.3, -0.25) is 9.59 Å². The van der Waals surface area contributed by atoms with E-state index in [9.17, 15) is 26.4 Å². The van der Waals surface area contributed by atoms with Crippen LogP contribution in [0.25, 0.3) is 0 Å². The largest absolute Gasteiger partial charge is 0.356 e. The number of hydrogen-bond acceptors (Lipinski definition) is 9. The highest BCUT2D eigenvalue weighted by atomic mass is 32.3. The zero-order valence-electron chi connectivity index (χ0n) is 22.9. The van der Waals surface area contributed by atoms with Gasteiger partial charge in [0, 0.05) is 11.6 Å². The molecule has 1 aromatic heterocycles. The Morgan fingerprint density at radius 2 is 1.84 bits per heavy atom. The first-order chi connectivity index (χ1) is 17.0. The molecule has 1 aliphatic heterocycles. The molecule has 0 saturated carbocycles. The maximum absolute atomic E-state index is 13.5. The second kappa shape index (κ2) is 12.2. The molecule has 1 aromatic rings. The van der Waals surface area contributed by atoms with Crippen LogP contribution in [0.4, 0.5) is 0 Å². The van der Waals surface area contributed by atoms with Crippen molar-refractivity contribution in [3.05, 3.63) is 11.6 Å². The van der Waals surface area contributed by atoms with Crippen molar-refractivity contribution in [3.63, 3.8) is 0 Å². The maximum atomic E-state index is 13.5. The second-order valence-electron chi connectivity index (χ2n) is 9.87. The molecule has 0 spiro atoms. The number of carbonyl (C=O) groups excluding carboxylic acids is 2. The van der Waals surface area contributed by atoms with Gasteiger partial charge in [-0.1, -0.05) is 27.7 Å². The Bertz CT molecular complexity index is 1210. The summed E-state index contributed by atoms with van der Waals surface area (Å²) in [6.07, 6.45) is 0.498. The average Bonchev–Trinajstić information content (AvgIpc) is 3.30. The van der Waals surface area contributed by atoms with Gasteiger partial charge in [0.25, 0.3) is 10.0 Å². The minimum atomic E-state index is -4.25. The molecule has 2 N–H and O–H groups in total. The third-order valence-electron chi connectivity index (χ3n) is 7.06. The highest BCUT2D eigenvalue weighted by molar-refractivity contribution is 7.95. The van der Waals surface area contributed by atoms with Crippen molar-refractivity contribution in [2.75, 3.05) is 12.7 Å². The van der Waals surface area contributed by atoms with Crippen LogP contribution in [0.3, 0.4) is 0 Å². The molecular weight excluding hydrogens is 555 g/mol. The van der Waals surface area contributed by atoms with E-state index < -0.39 is 48.1 Å². The molecule has 6 atom stereocenters. The number of carbonyl (C=O) groups is 2. The lowest BCUT2D eigenvalue weighted by atomic mass is 9.91. The minimum Gasteiger partial charge on any atom is -0.356 e. The van der Waals surface area contributed by atoms with Gasteiger partial charge in [-0.25, -0.2) is 16.8 Å². The van der Waals surface area contributed by atoms with Crippen molar-refractivity contribution in [2.45, 2.75) is 112 Å². The first-order valence-corrected chi connectivity index (χ1v) is 17.7. The molecule has 0 radical (unpaired) electrons. The van der Waals surface area contributed by atoms with Gasteiger partial charge < -0.3 is 10.1 Å². The fourth-order valence-electron chi connectivity index (χ4n) is 4.35. The number of ketones is 1. The first-order valence-electron chi connectivity index (χ1n) is 12.7. The van der Waals surface area contributed by atoms with Crippen LogP contribution >= 0.6 is 19.9 Å². The maximum Gasteiger partial charge on any atom is 0.251 e. The van der Waals surface area contributed by atoms with Crippen molar-refractivity contribution in [1.29, 1.82) is 0 Å². The van der Waals surface area contributed by atoms with Crippen LogP contribution in [0.15, 0.2) is 14.5 Å². The molecular formula is C24H41N2O7PS3. The summed E-state index contributed by atoms with van der Waals surface area (Å²) in [6, 6.07) is 1.12. The van der Waals surface area contributed by atoms with Crippen LogP contribution < -0.4 is 10.0 Å². The number of rotatable bonds is 14. The Kier molecular flexibility index (Phi) is 10.7. The second-order valence-corrected chi connectivity index (χ2v) is 16.9. The quantitative estimate of drug-likeness (QED) is 0.310. The summed E-state index contributed by atoms with van der Waals surface area (Å²) in [5, 5.41) is 2.60. The third-order valence-corrected chi connectivity index (χ3v) is 14.2. The van der Waals surface area contributed by atoms with E-state index in [0.717, 1.165) is 0 Å². The Morgan fingerprint density at radius 3 is 2.35 bits per heavy atom. The minimum absolute atomic E-state index is 0.0489. The molecule has 212 valence electrons. The van der Waals surface area contributed by atoms with Gasteiger partial charge >= 0.3 is 0 Å². The van der Waals surface area contributed by atoms with Crippen molar-refractivity contribution >= 4 is 51.1 Å². The number of thiophene rings is 1. The normalized spacial score (nSPS) is 23.8. The standard InChI is InChI=1S/C24H41N2O7PS3/c1-9-23(7,20(27)16(6)33-24(8,10-2)22(28)34-12-4)26-37(31,32)19-14-17-18(25-11-3)13-15(5)36(29,30)21(17)35-19/h14-16,18,25-26,34H,9-13H2,1-8H3/t15-,16-,18-,23?,24?/m0/s1. The molecule has 37 heavy (non-hydrogen) atoms. The fourth-order valence-corrected chi connectivity index (χ4v) is 10.7. The van der Waals surface area contributed by atoms with Crippen LogP contribution in [-0.2, 0) is 34.2 Å². The highest BCUT2D eigenvalue weighted by Crippen LogP contribution is 2.43. The fraction of sp³-hybridized carbons (Fsp3) is 0.750. The number of hydrogen-bond donors (Lipinski definition) is 2. The lowest BCUT2D eigenvalue weighted by molar-refractivity contribution is -0.154.